The van der Waals surface area contributed by atoms with E-state index >= 15 is 0 Å². The maximum absolute atomic E-state index is 12.8. The Labute approximate surface area is 183 Å². The molecule has 1 aliphatic rings. The van der Waals surface area contributed by atoms with E-state index in [1.165, 1.54) is 5.56 Å². The van der Waals surface area contributed by atoms with Gasteiger partial charge in [-0.2, -0.15) is 5.10 Å². The molecule has 2 aromatic heterocycles. The Balaban J connectivity index is 1.35. The molecule has 0 aliphatic carbocycles. The zero-order valence-corrected chi connectivity index (χ0v) is 18.3. The molecule has 0 bridgehead atoms. The van der Waals surface area contributed by atoms with Gasteiger partial charge in [0.05, 0.1) is 0 Å². The smallest absolute Gasteiger partial charge is 0.222 e. The SMILES string of the molecule is Cc1nc(C[C@@H]2CCCN(C(=O)CCc3ccccc3)C2)cc(Nc2cc(C)[nH]n2)n1. The summed E-state index contributed by atoms with van der Waals surface area (Å²) in [6.07, 6.45) is 4.38. The number of benzene rings is 1. The van der Waals surface area contributed by atoms with Gasteiger partial charge in [0.1, 0.15) is 11.6 Å². The topological polar surface area (TPSA) is 86.8 Å². The molecule has 1 atom stereocenters. The van der Waals surface area contributed by atoms with Crippen molar-refractivity contribution < 1.29 is 4.79 Å². The first kappa shape index (κ1) is 21.0. The zero-order chi connectivity index (χ0) is 21.6. The Morgan fingerprint density at radius 2 is 2.00 bits per heavy atom. The highest BCUT2D eigenvalue weighted by molar-refractivity contribution is 5.76. The van der Waals surface area contributed by atoms with Crippen LogP contribution in [0.15, 0.2) is 42.5 Å². The molecule has 2 N–H and O–H groups in total. The molecule has 3 aromatic rings. The Hall–Kier alpha value is -3.22. The quantitative estimate of drug-likeness (QED) is 0.606. The van der Waals surface area contributed by atoms with Gasteiger partial charge < -0.3 is 10.2 Å². The van der Waals surface area contributed by atoms with E-state index in [2.05, 4.69) is 37.6 Å². The van der Waals surface area contributed by atoms with Gasteiger partial charge in [-0.25, -0.2) is 9.97 Å². The highest BCUT2D eigenvalue weighted by Crippen LogP contribution is 2.23. The van der Waals surface area contributed by atoms with Gasteiger partial charge in [-0.15, -0.1) is 0 Å². The first-order valence-corrected chi connectivity index (χ1v) is 11.0. The number of rotatable bonds is 7. The van der Waals surface area contributed by atoms with Crippen molar-refractivity contribution in [2.75, 3.05) is 18.4 Å². The number of H-pyrrole nitrogens is 1. The Kier molecular flexibility index (Phi) is 6.60. The van der Waals surface area contributed by atoms with Crippen LogP contribution >= 0.6 is 0 Å². The summed E-state index contributed by atoms with van der Waals surface area (Å²) in [7, 11) is 0. The van der Waals surface area contributed by atoms with E-state index in [1.807, 2.05) is 49.1 Å². The number of amides is 1. The molecule has 3 heterocycles. The Morgan fingerprint density at radius 3 is 2.77 bits per heavy atom. The van der Waals surface area contributed by atoms with Gasteiger partial charge in [0.2, 0.25) is 5.91 Å². The third-order valence-corrected chi connectivity index (χ3v) is 5.69. The summed E-state index contributed by atoms with van der Waals surface area (Å²) in [6, 6.07) is 14.2. The largest absolute Gasteiger partial charge is 0.342 e. The fourth-order valence-electron chi connectivity index (χ4n) is 4.22. The van der Waals surface area contributed by atoms with E-state index in [4.69, 9.17) is 0 Å². The highest BCUT2D eigenvalue weighted by Gasteiger charge is 2.24. The minimum absolute atomic E-state index is 0.253. The van der Waals surface area contributed by atoms with E-state index < -0.39 is 0 Å². The third kappa shape index (κ3) is 5.90. The first-order chi connectivity index (χ1) is 15.0. The lowest BCUT2D eigenvalue weighted by Gasteiger charge is -2.33. The van der Waals surface area contributed by atoms with Gasteiger partial charge in [0, 0.05) is 43.0 Å². The van der Waals surface area contributed by atoms with Gasteiger partial charge in [-0.1, -0.05) is 30.3 Å². The Bertz CT molecular complexity index is 1020. The molecule has 1 aliphatic heterocycles. The van der Waals surface area contributed by atoms with Crippen LogP contribution in [0.5, 0.6) is 0 Å². The molecule has 0 spiro atoms. The molecule has 0 unspecified atom stereocenters. The van der Waals surface area contributed by atoms with Crippen LogP contribution in [0.3, 0.4) is 0 Å². The predicted molar refractivity (Wildman–Crippen MR) is 121 cm³/mol. The lowest BCUT2D eigenvalue weighted by Crippen LogP contribution is -2.40. The van der Waals surface area contributed by atoms with Crippen LogP contribution < -0.4 is 5.32 Å². The number of hydrogen-bond acceptors (Lipinski definition) is 5. The van der Waals surface area contributed by atoms with Gasteiger partial charge in [0.15, 0.2) is 5.82 Å². The van der Waals surface area contributed by atoms with Crippen LogP contribution in [0.4, 0.5) is 11.6 Å². The minimum Gasteiger partial charge on any atom is -0.342 e. The molecule has 1 amide bonds. The lowest BCUT2D eigenvalue weighted by molar-refractivity contribution is -0.133. The second-order valence-corrected chi connectivity index (χ2v) is 8.39. The number of hydrogen-bond donors (Lipinski definition) is 2. The van der Waals surface area contributed by atoms with E-state index in [9.17, 15) is 4.79 Å². The number of likely N-dealkylation sites (tertiary alicyclic amines) is 1. The van der Waals surface area contributed by atoms with E-state index in [0.717, 1.165) is 67.6 Å². The van der Waals surface area contributed by atoms with Crippen molar-refractivity contribution in [2.45, 2.75) is 46.0 Å². The molecule has 1 saturated heterocycles. The molecular formula is C24H30N6O. The number of nitrogens with one attached hydrogen (secondary N) is 2. The fourth-order valence-corrected chi connectivity index (χ4v) is 4.22. The number of aryl methyl sites for hydroxylation is 3. The van der Waals surface area contributed by atoms with Crippen molar-refractivity contribution in [3.05, 3.63) is 65.2 Å². The first-order valence-electron chi connectivity index (χ1n) is 11.0. The van der Waals surface area contributed by atoms with Gasteiger partial charge in [0.25, 0.3) is 0 Å². The average molecular weight is 419 g/mol. The number of aromatic nitrogens is 4. The number of anilines is 2. The van der Waals surface area contributed by atoms with Crippen LogP contribution in [0.1, 0.15) is 42.0 Å². The molecule has 4 rings (SSSR count). The highest BCUT2D eigenvalue weighted by atomic mass is 16.2. The van der Waals surface area contributed by atoms with Crippen LogP contribution in [0.2, 0.25) is 0 Å². The third-order valence-electron chi connectivity index (χ3n) is 5.69. The molecule has 1 fully saturated rings. The van der Waals surface area contributed by atoms with Crippen LogP contribution in [-0.4, -0.2) is 44.1 Å². The molecule has 0 saturated carbocycles. The van der Waals surface area contributed by atoms with Crippen molar-refractivity contribution >= 4 is 17.5 Å². The number of carbonyl (C=O) groups is 1. The van der Waals surface area contributed by atoms with Gasteiger partial charge >= 0.3 is 0 Å². The van der Waals surface area contributed by atoms with Crippen molar-refractivity contribution in [1.82, 2.24) is 25.1 Å². The summed E-state index contributed by atoms with van der Waals surface area (Å²) in [5.41, 5.74) is 3.21. The lowest BCUT2D eigenvalue weighted by atomic mass is 9.93. The summed E-state index contributed by atoms with van der Waals surface area (Å²) in [5, 5.41) is 10.4. The second kappa shape index (κ2) is 9.73. The Morgan fingerprint density at radius 1 is 1.16 bits per heavy atom. The van der Waals surface area contributed by atoms with Crippen molar-refractivity contribution in [3.63, 3.8) is 0 Å². The van der Waals surface area contributed by atoms with E-state index in [-0.39, 0.29) is 5.91 Å². The maximum Gasteiger partial charge on any atom is 0.222 e. The number of nitrogens with zero attached hydrogens (tertiary/aromatic N) is 4. The molecule has 162 valence electrons. The molecule has 7 heteroatoms. The number of aromatic amines is 1. The second-order valence-electron chi connectivity index (χ2n) is 8.39. The number of carbonyl (C=O) groups excluding carboxylic acids is 1. The molecule has 7 nitrogen and oxygen atoms in total. The zero-order valence-electron chi connectivity index (χ0n) is 18.3. The van der Waals surface area contributed by atoms with E-state index in [1.54, 1.807) is 0 Å². The standard InChI is InChI=1S/C24H30N6O/c1-17-13-23(29-28-17)27-22-15-21(25-18(2)26-22)14-20-9-6-12-30(16-20)24(31)11-10-19-7-4-3-5-8-19/h3-5,7-8,13,15,20H,6,9-12,14,16H2,1-2H3,(H2,25,26,27,28,29)/t20-/m0/s1. The summed E-state index contributed by atoms with van der Waals surface area (Å²) in [4.78, 5) is 23.9. The average Bonchev–Trinajstić information content (AvgIpc) is 3.17. The maximum atomic E-state index is 12.8. The summed E-state index contributed by atoms with van der Waals surface area (Å²) in [5.74, 6) is 2.90. The van der Waals surface area contributed by atoms with Crippen LogP contribution in [0.25, 0.3) is 0 Å². The number of piperidine rings is 1. The normalized spacial score (nSPS) is 16.3. The van der Waals surface area contributed by atoms with E-state index in [0.29, 0.717) is 12.3 Å². The van der Waals surface area contributed by atoms with Crippen molar-refractivity contribution in [2.24, 2.45) is 5.92 Å². The van der Waals surface area contributed by atoms with Crippen molar-refractivity contribution in [3.8, 4) is 0 Å². The molecule has 31 heavy (non-hydrogen) atoms. The fraction of sp³-hybridized carbons (Fsp3) is 0.417. The molecule has 1 aromatic carbocycles. The predicted octanol–water partition coefficient (Wildman–Crippen LogP) is 3.97. The van der Waals surface area contributed by atoms with Crippen LogP contribution in [-0.2, 0) is 17.6 Å². The minimum atomic E-state index is 0.253. The molecular weight excluding hydrogens is 388 g/mol. The summed E-state index contributed by atoms with van der Waals surface area (Å²) >= 11 is 0. The van der Waals surface area contributed by atoms with Gasteiger partial charge in [-0.3, -0.25) is 9.89 Å². The summed E-state index contributed by atoms with van der Waals surface area (Å²) in [6.45, 7) is 5.53. The van der Waals surface area contributed by atoms with Crippen LogP contribution in [0, 0.1) is 19.8 Å². The molecule has 0 radical (unpaired) electrons. The monoisotopic (exact) mass is 418 g/mol. The van der Waals surface area contributed by atoms with Gasteiger partial charge in [-0.05, 0) is 51.0 Å². The van der Waals surface area contributed by atoms with Crippen molar-refractivity contribution in [1.29, 1.82) is 0 Å². The summed E-state index contributed by atoms with van der Waals surface area (Å²) < 4.78 is 0.